The number of carbonyl (C=O) groups is 1. The van der Waals surface area contributed by atoms with E-state index in [1.165, 1.54) is 0 Å². The van der Waals surface area contributed by atoms with E-state index in [4.69, 9.17) is 26.2 Å². The average Bonchev–Trinajstić information content (AvgIpc) is 2.54. The van der Waals surface area contributed by atoms with Gasteiger partial charge in [-0.2, -0.15) is 0 Å². The summed E-state index contributed by atoms with van der Waals surface area (Å²) in [5, 5.41) is 9.42. The molecule has 2 aromatic rings. The molecule has 0 spiro atoms. The van der Waals surface area contributed by atoms with Crippen LogP contribution < -0.4 is 9.47 Å². The van der Waals surface area contributed by atoms with Gasteiger partial charge in [0, 0.05) is 0 Å². The largest absolute Gasteiger partial charge is 0.489 e. The molecule has 0 aliphatic carbocycles. The van der Waals surface area contributed by atoms with Gasteiger partial charge in [-0.25, -0.2) is 0 Å². The van der Waals surface area contributed by atoms with Crippen molar-refractivity contribution in [2.24, 2.45) is 0 Å². The first-order valence-electron chi connectivity index (χ1n) is 8.24. The highest BCUT2D eigenvalue weighted by Crippen LogP contribution is 2.27. The average molecular weight is 363 g/mol. The summed E-state index contributed by atoms with van der Waals surface area (Å²) < 4.78 is 11.4. The first-order valence-corrected chi connectivity index (χ1v) is 8.62. The summed E-state index contributed by atoms with van der Waals surface area (Å²) in [4.78, 5) is 10.8. The van der Waals surface area contributed by atoms with E-state index in [0.717, 1.165) is 16.9 Å². The molecule has 5 heteroatoms. The van der Waals surface area contributed by atoms with Crippen LogP contribution in [0.1, 0.15) is 44.2 Å². The Morgan fingerprint density at radius 3 is 2.36 bits per heavy atom. The van der Waals surface area contributed by atoms with Gasteiger partial charge in [0.25, 0.3) is 0 Å². The van der Waals surface area contributed by atoms with Gasteiger partial charge in [0.05, 0.1) is 17.5 Å². The molecule has 0 saturated carbocycles. The molecule has 4 nitrogen and oxygen atoms in total. The Morgan fingerprint density at radius 1 is 1.12 bits per heavy atom. The SMILES string of the molecule is CC(C)Oc1ccc(COc2ccc(C(C)CC(=O)O)cc2)cc1Cl. The van der Waals surface area contributed by atoms with Crippen molar-refractivity contribution in [3.8, 4) is 11.5 Å². The number of aliphatic carboxylic acids is 1. The van der Waals surface area contributed by atoms with Gasteiger partial charge < -0.3 is 14.6 Å². The number of carboxylic acid groups (broad SMARTS) is 1. The zero-order valence-corrected chi connectivity index (χ0v) is 15.4. The third-order valence-electron chi connectivity index (χ3n) is 3.69. The van der Waals surface area contributed by atoms with Crippen LogP contribution in [0.5, 0.6) is 11.5 Å². The molecule has 1 N–H and O–H groups in total. The number of hydrogen-bond acceptors (Lipinski definition) is 3. The maximum Gasteiger partial charge on any atom is 0.303 e. The van der Waals surface area contributed by atoms with Gasteiger partial charge in [0.15, 0.2) is 0 Å². The zero-order valence-electron chi connectivity index (χ0n) is 14.7. The lowest BCUT2D eigenvalue weighted by molar-refractivity contribution is -0.137. The van der Waals surface area contributed by atoms with Crippen molar-refractivity contribution in [3.63, 3.8) is 0 Å². The zero-order chi connectivity index (χ0) is 18.4. The van der Waals surface area contributed by atoms with Gasteiger partial charge >= 0.3 is 5.97 Å². The van der Waals surface area contributed by atoms with Gasteiger partial charge in [0.1, 0.15) is 18.1 Å². The molecule has 0 radical (unpaired) electrons. The highest BCUT2D eigenvalue weighted by Gasteiger charge is 2.10. The number of benzene rings is 2. The van der Waals surface area contributed by atoms with Crippen LogP contribution in [0.15, 0.2) is 42.5 Å². The molecule has 0 amide bonds. The number of carboxylic acids is 1. The normalized spacial score (nSPS) is 12.0. The molecular formula is C20H23ClO4. The van der Waals surface area contributed by atoms with Crippen LogP contribution in [0.4, 0.5) is 0 Å². The summed E-state index contributed by atoms with van der Waals surface area (Å²) in [6.07, 6.45) is 0.186. The van der Waals surface area contributed by atoms with Crippen molar-refractivity contribution < 1.29 is 19.4 Å². The van der Waals surface area contributed by atoms with Crippen molar-refractivity contribution >= 4 is 17.6 Å². The maximum atomic E-state index is 10.8. The molecule has 0 heterocycles. The van der Waals surface area contributed by atoms with E-state index in [0.29, 0.717) is 17.4 Å². The van der Waals surface area contributed by atoms with Gasteiger partial charge in [0.2, 0.25) is 0 Å². The van der Waals surface area contributed by atoms with Crippen molar-refractivity contribution in [1.29, 1.82) is 0 Å². The number of ether oxygens (including phenoxy) is 2. The van der Waals surface area contributed by atoms with E-state index in [9.17, 15) is 4.79 Å². The maximum absolute atomic E-state index is 10.8. The predicted octanol–water partition coefficient (Wildman–Crippen LogP) is 5.28. The topological polar surface area (TPSA) is 55.8 Å². The van der Waals surface area contributed by atoms with Crippen molar-refractivity contribution in [2.45, 2.75) is 45.8 Å². The fraction of sp³-hybridized carbons (Fsp3) is 0.350. The van der Waals surface area contributed by atoms with Crippen LogP contribution in [-0.2, 0) is 11.4 Å². The smallest absolute Gasteiger partial charge is 0.303 e. The first kappa shape index (κ1) is 19.1. The summed E-state index contributed by atoms with van der Waals surface area (Å²) in [6, 6.07) is 13.1. The standard InChI is InChI=1S/C20H23ClO4/c1-13(2)25-19-9-4-15(11-18(19)21)12-24-17-7-5-16(6-8-17)14(3)10-20(22)23/h4-9,11,13-14H,10,12H2,1-3H3,(H,22,23). The second-order valence-corrected chi connectivity index (χ2v) is 6.70. The van der Waals surface area contributed by atoms with E-state index < -0.39 is 5.97 Å². The van der Waals surface area contributed by atoms with Crippen molar-refractivity contribution in [2.75, 3.05) is 0 Å². The lowest BCUT2D eigenvalue weighted by Crippen LogP contribution is -2.06. The van der Waals surface area contributed by atoms with E-state index in [1.807, 2.05) is 63.2 Å². The van der Waals surface area contributed by atoms with Crippen molar-refractivity contribution in [3.05, 3.63) is 58.6 Å². The summed E-state index contributed by atoms with van der Waals surface area (Å²) >= 11 is 6.22. The first-order chi connectivity index (χ1) is 11.8. The fourth-order valence-corrected chi connectivity index (χ4v) is 2.67. The van der Waals surface area contributed by atoms with Crippen LogP contribution >= 0.6 is 11.6 Å². The van der Waals surface area contributed by atoms with E-state index in [1.54, 1.807) is 0 Å². The number of hydrogen-bond donors (Lipinski definition) is 1. The molecule has 2 aromatic carbocycles. The molecular weight excluding hydrogens is 340 g/mol. The van der Waals surface area contributed by atoms with Gasteiger partial charge in [-0.3, -0.25) is 4.79 Å². The molecule has 0 aliphatic heterocycles. The Kier molecular flexibility index (Phi) is 6.71. The molecule has 2 rings (SSSR count). The second kappa shape index (κ2) is 8.77. The molecule has 134 valence electrons. The molecule has 0 saturated heterocycles. The minimum Gasteiger partial charge on any atom is -0.489 e. The van der Waals surface area contributed by atoms with E-state index >= 15 is 0 Å². The Hall–Kier alpha value is -2.20. The number of halogens is 1. The Bertz CT molecular complexity index is 710. The third-order valence-corrected chi connectivity index (χ3v) is 3.99. The lowest BCUT2D eigenvalue weighted by atomic mass is 9.98. The minimum absolute atomic E-state index is 0.0288. The molecule has 0 fully saturated rings. The summed E-state index contributed by atoms with van der Waals surface area (Å²) in [7, 11) is 0. The minimum atomic E-state index is -0.797. The van der Waals surface area contributed by atoms with Crippen LogP contribution in [0.3, 0.4) is 0 Å². The second-order valence-electron chi connectivity index (χ2n) is 6.29. The summed E-state index contributed by atoms with van der Waals surface area (Å²) in [5.74, 6) is 0.565. The van der Waals surface area contributed by atoms with Crippen LogP contribution in [0, 0.1) is 0 Å². The Morgan fingerprint density at radius 2 is 1.80 bits per heavy atom. The molecule has 0 aromatic heterocycles. The molecule has 1 atom stereocenters. The molecule has 1 unspecified atom stereocenters. The Labute approximate surface area is 153 Å². The highest BCUT2D eigenvalue weighted by molar-refractivity contribution is 6.32. The van der Waals surface area contributed by atoms with Gasteiger partial charge in [-0.15, -0.1) is 0 Å². The van der Waals surface area contributed by atoms with Gasteiger partial charge in [-0.1, -0.05) is 36.7 Å². The van der Waals surface area contributed by atoms with Gasteiger partial charge in [-0.05, 0) is 55.2 Å². The predicted molar refractivity (Wildman–Crippen MR) is 98.7 cm³/mol. The third kappa shape index (κ3) is 5.98. The van der Waals surface area contributed by atoms with Crippen LogP contribution in [0.2, 0.25) is 5.02 Å². The summed E-state index contributed by atoms with van der Waals surface area (Å²) in [5.41, 5.74) is 1.93. The van der Waals surface area contributed by atoms with E-state index in [-0.39, 0.29) is 18.4 Å². The molecule has 0 bridgehead atoms. The molecule has 0 aliphatic rings. The summed E-state index contributed by atoms with van der Waals surface area (Å²) in [6.45, 7) is 6.20. The van der Waals surface area contributed by atoms with Crippen LogP contribution in [0.25, 0.3) is 0 Å². The monoisotopic (exact) mass is 362 g/mol. The molecule has 25 heavy (non-hydrogen) atoms. The van der Waals surface area contributed by atoms with E-state index in [2.05, 4.69) is 0 Å². The van der Waals surface area contributed by atoms with Crippen LogP contribution in [-0.4, -0.2) is 17.2 Å². The number of rotatable bonds is 8. The fourth-order valence-electron chi connectivity index (χ4n) is 2.42. The van der Waals surface area contributed by atoms with Crippen molar-refractivity contribution in [1.82, 2.24) is 0 Å². The highest BCUT2D eigenvalue weighted by atomic mass is 35.5. The Balaban J connectivity index is 1.95. The quantitative estimate of drug-likeness (QED) is 0.693. The lowest BCUT2D eigenvalue weighted by Gasteiger charge is -2.13.